The zero-order valence-electron chi connectivity index (χ0n) is 13.5. The fraction of sp³-hybridized carbons (Fsp3) is 0.941. The van der Waals surface area contributed by atoms with E-state index in [0.717, 1.165) is 19.3 Å². The van der Waals surface area contributed by atoms with Gasteiger partial charge in [0.2, 0.25) is 0 Å². The molecule has 1 aliphatic carbocycles. The first-order valence-corrected chi connectivity index (χ1v) is 8.27. The molecule has 0 bridgehead atoms. The van der Waals surface area contributed by atoms with Crippen LogP contribution in [0.1, 0.15) is 72.6 Å². The van der Waals surface area contributed by atoms with Gasteiger partial charge < -0.3 is 9.47 Å². The molecule has 1 heterocycles. The minimum Gasteiger partial charge on any atom is -0.430 e. The van der Waals surface area contributed by atoms with Crippen LogP contribution in [0.25, 0.3) is 0 Å². The minimum atomic E-state index is -0.472. The van der Waals surface area contributed by atoms with E-state index in [-0.39, 0.29) is 11.5 Å². The Balaban J connectivity index is 2.16. The van der Waals surface area contributed by atoms with Gasteiger partial charge in [-0.3, -0.25) is 0 Å². The van der Waals surface area contributed by atoms with Crippen LogP contribution < -0.4 is 0 Å². The largest absolute Gasteiger partial charge is 0.508 e. The molecule has 1 saturated carbocycles. The minimum absolute atomic E-state index is 0.0360. The molecule has 0 radical (unpaired) electrons. The van der Waals surface area contributed by atoms with Gasteiger partial charge in [0.1, 0.15) is 12.7 Å². The van der Waals surface area contributed by atoms with Crippen LogP contribution in [0.2, 0.25) is 0 Å². The Morgan fingerprint density at radius 2 is 1.90 bits per heavy atom. The van der Waals surface area contributed by atoms with E-state index in [4.69, 9.17) is 9.47 Å². The van der Waals surface area contributed by atoms with Crippen molar-refractivity contribution in [1.29, 1.82) is 0 Å². The quantitative estimate of drug-likeness (QED) is 0.670. The van der Waals surface area contributed by atoms with Crippen molar-refractivity contribution in [2.24, 2.45) is 16.7 Å². The number of rotatable bonds is 5. The van der Waals surface area contributed by atoms with Crippen LogP contribution in [-0.2, 0) is 9.47 Å². The van der Waals surface area contributed by atoms with E-state index < -0.39 is 6.16 Å². The molecule has 2 atom stereocenters. The van der Waals surface area contributed by atoms with Gasteiger partial charge in [0.15, 0.2) is 0 Å². The average Bonchev–Trinajstić information content (AvgIpc) is 2.83. The maximum Gasteiger partial charge on any atom is 0.508 e. The summed E-state index contributed by atoms with van der Waals surface area (Å²) >= 11 is 0. The van der Waals surface area contributed by atoms with E-state index >= 15 is 0 Å². The Hall–Kier alpha value is -0.730. The molecule has 3 heteroatoms. The molecule has 20 heavy (non-hydrogen) atoms. The van der Waals surface area contributed by atoms with Crippen molar-refractivity contribution in [1.82, 2.24) is 0 Å². The van der Waals surface area contributed by atoms with Crippen LogP contribution in [0.5, 0.6) is 0 Å². The van der Waals surface area contributed by atoms with E-state index in [1.807, 2.05) is 0 Å². The van der Waals surface area contributed by atoms with Crippen LogP contribution in [0.4, 0.5) is 4.79 Å². The molecular formula is C17H30O3. The summed E-state index contributed by atoms with van der Waals surface area (Å²) in [5.74, 6) is 0.667. The molecule has 2 rings (SSSR count). The molecule has 3 nitrogen and oxygen atoms in total. The maximum atomic E-state index is 11.4. The lowest BCUT2D eigenvalue weighted by Crippen LogP contribution is -2.45. The highest BCUT2D eigenvalue weighted by atomic mass is 16.8. The third kappa shape index (κ3) is 2.96. The molecular weight excluding hydrogens is 252 g/mol. The lowest BCUT2D eigenvalue weighted by Gasteiger charge is -2.47. The Morgan fingerprint density at radius 3 is 2.35 bits per heavy atom. The van der Waals surface area contributed by atoms with Gasteiger partial charge in [-0.05, 0) is 49.9 Å². The topological polar surface area (TPSA) is 35.5 Å². The summed E-state index contributed by atoms with van der Waals surface area (Å²) in [6, 6.07) is 0. The van der Waals surface area contributed by atoms with Crippen molar-refractivity contribution in [3.8, 4) is 0 Å². The van der Waals surface area contributed by atoms with E-state index in [1.54, 1.807) is 0 Å². The zero-order valence-corrected chi connectivity index (χ0v) is 13.5. The molecule has 0 aromatic heterocycles. The highest BCUT2D eigenvalue weighted by Crippen LogP contribution is 2.52. The van der Waals surface area contributed by atoms with Gasteiger partial charge in [-0.25, -0.2) is 4.79 Å². The summed E-state index contributed by atoms with van der Waals surface area (Å²) in [6.07, 6.45) is 7.93. The number of hydrogen-bond donors (Lipinski definition) is 0. The number of ether oxygens (including phenoxy) is 2. The van der Waals surface area contributed by atoms with Crippen molar-refractivity contribution in [3.63, 3.8) is 0 Å². The number of carbonyl (C=O) groups is 1. The lowest BCUT2D eigenvalue weighted by molar-refractivity contribution is -0.0398. The fourth-order valence-corrected chi connectivity index (χ4v) is 4.37. The molecule has 1 saturated heterocycles. The van der Waals surface area contributed by atoms with Crippen molar-refractivity contribution in [2.45, 2.75) is 78.7 Å². The summed E-state index contributed by atoms with van der Waals surface area (Å²) in [7, 11) is 0. The first-order chi connectivity index (χ1) is 9.43. The molecule has 0 N–H and O–H groups in total. The number of carbonyl (C=O) groups excluding carboxylic acids is 1. The predicted molar refractivity (Wildman–Crippen MR) is 79.6 cm³/mol. The van der Waals surface area contributed by atoms with Crippen LogP contribution in [0.3, 0.4) is 0 Å². The van der Waals surface area contributed by atoms with Gasteiger partial charge in [-0.2, -0.15) is 0 Å². The van der Waals surface area contributed by atoms with Crippen LogP contribution in [0, 0.1) is 16.7 Å². The number of cyclic esters (lactones) is 2. The van der Waals surface area contributed by atoms with E-state index in [9.17, 15) is 4.79 Å². The molecule has 116 valence electrons. The van der Waals surface area contributed by atoms with Gasteiger partial charge in [0.25, 0.3) is 0 Å². The smallest absolute Gasteiger partial charge is 0.430 e. The fourth-order valence-electron chi connectivity index (χ4n) is 4.37. The lowest BCUT2D eigenvalue weighted by atomic mass is 9.59. The van der Waals surface area contributed by atoms with Crippen molar-refractivity contribution < 1.29 is 14.3 Å². The SMILES string of the molecule is CCCC(CC)(C1CCC(C)(C)CC1)C1COC(=O)O1. The van der Waals surface area contributed by atoms with Gasteiger partial charge in [-0.1, -0.05) is 34.1 Å². The third-order valence-electron chi connectivity index (χ3n) is 5.76. The summed E-state index contributed by atoms with van der Waals surface area (Å²) in [5.41, 5.74) is 0.600. The molecule has 2 fully saturated rings. The summed E-state index contributed by atoms with van der Waals surface area (Å²) < 4.78 is 10.6. The van der Waals surface area contributed by atoms with Gasteiger partial charge in [0, 0.05) is 5.41 Å². The standard InChI is InChI=1S/C17H30O3/c1-5-9-17(6-2,14-12-19-15(18)20-14)13-7-10-16(3,4)11-8-13/h13-14H,5-12H2,1-4H3. The second-order valence-electron chi connectivity index (χ2n) is 7.44. The highest BCUT2D eigenvalue weighted by Gasteiger charge is 2.49. The monoisotopic (exact) mass is 282 g/mol. The molecule has 2 unspecified atom stereocenters. The predicted octanol–water partition coefficient (Wildman–Crippen LogP) is 4.93. The summed E-state index contributed by atoms with van der Waals surface area (Å²) in [4.78, 5) is 11.4. The molecule has 2 aliphatic rings. The van der Waals surface area contributed by atoms with E-state index in [2.05, 4.69) is 27.7 Å². The Bertz CT molecular complexity index is 340. The van der Waals surface area contributed by atoms with Gasteiger partial charge in [-0.15, -0.1) is 0 Å². The number of hydrogen-bond acceptors (Lipinski definition) is 3. The van der Waals surface area contributed by atoms with Crippen molar-refractivity contribution >= 4 is 6.16 Å². The maximum absolute atomic E-state index is 11.4. The van der Waals surface area contributed by atoms with E-state index in [0.29, 0.717) is 17.9 Å². The summed E-state index contributed by atoms with van der Waals surface area (Å²) in [6.45, 7) is 9.67. The van der Waals surface area contributed by atoms with Crippen molar-refractivity contribution in [2.75, 3.05) is 6.61 Å². The Kier molecular flexibility index (Phi) is 4.66. The van der Waals surface area contributed by atoms with E-state index in [1.165, 1.54) is 25.7 Å². The van der Waals surface area contributed by atoms with Gasteiger partial charge >= 0.3 is 6.16 Å². The normalized spacial score (nSPS) is 29.6. The Morgan fingerprint density at radius 1 is 1.25 bits per heavy atom. The summed E-state index contributed by atoms with van der Waals surface area (Å²) in [5, 5.41) is 0. The Labute approximate surface area is 123 Å². The van der Waals surface area contributed by atoms with Gasteiger partial charge in [0.05, 0.1) is 0 Å². The second-order valence-corrected chi connectivity index (χ2v) is 7.44. The first kappa shape index (κ1) is 15.7. The van der Waals surface area contributed by atoms with Crippen molar-refractivity contribution in [3.05, 3.63) is 0 Å². The first-order valence-electron chi connectivity index (χ1n) is 8.27. The third-order valence-corrected chi connectivity index (χ3v) is 5.76. The molecule has 1 aliphatic heterocycles. The zero-order chi connectivity index (χ0) is 14.8. The molecule has 0 aromatic rings. The highest BCUT2D eigenvalue weighted by molar-refractivity contribution is 5.62. The molecule has 0 spiro atoms. The second kappa shape index (κ2) is 5.95. The average molecular weight is 282 g/mol. The molecule has 0 amide bonds. The van der Waals surface area contributed by atoms with Crippen LogP contribution >= 0.6 is 0 Å². The van der Waals surface area contributed by atoms with Crippen LogP contribution in [-0.4, -0.2) is 18.9 Å². The van der Waals surface area contributed by atoms with Crippen LogP contribution in [0.15, 0.2) is 0 Å². The molecule has 0 aromatic carbocycles.